The average molecular weight is 441 g/mol. The first-order valence-electron chi connectivity index (χ1n) is 10.3. The number of aromatic nitrogens is 4. The van der Waals surface area contributed by atoms with Crippen molar-refractivity contribution in [3.05, 3.63) is 47.8 Å². The lowest BCUT2D eigenvalue weighted by Crippen LogP contribution is -2.12. The smallest absolute Gasteiger partial charge is 0.231 e. The second kappa shape index (κ2) is 8.81. The van der Waals surface area contributed by atoms with Gasteiger partial charge in [0.15, 0.2) is 16.7 Å². The van der Waals surface area contributed by atoms with Gasteiger partial charge in [0, 0.05) is 29.2 Å². The molecule has 0 spiro atoms. The minimum absolute atomic E-state index is 0.285. The van der Waals surface area contributed by atoms with Crippen molar-refractivity contribution in [3.8, 4) is 22.1 Å². The molecule has 2 aromatic heterocycles. The Morgan fingerprint density at radius 1 is 1.17 bits per heavy atom. The number of ether oxygens (including phenoxy) is 2. The summed E-state index contributed by atoms with van der Waals surface area (Å²) in [6.45, 7) is 4.96. The maximum absolute atomic E-state index is 5.49. The predicted molar refractivity (Wildman–Crippen MR) is 119 cm³/mol. The summed E-state index contributed by atoms with van der Waals surface area (Å²) in [6.07, 6.45) is 8.27. The van der Waals surface area contributed by atoms with Gasteiger partial charge in [-0.3, -0.25) is 0 Å². The molecule has 0 atom stereocenters. The van der Waals surface area contributed by atoms with Crippen LogP contribution in [0.4, 0.5) is 0 Å². The van der Waals surface area contributed by atoms with Gasteiger partial charge in [0.1, 0.15) is 10.8 Å². The fourth-order valence-corrected chi connectivity index (χ4v) is 5.81. The first kappa shape index (κ1) is 19.6. The highest BCUT2D eigenvalue weighted by molar-refractivity contribution is 7.98. The Bertz CT molecular complexity index is 1040. The topological polar surface area (TPSA) is 62.1 Å². The van der Waals surface area contributed by atoms with Crippen molar-refractivity contribution in [1.82, 2.24) is 19.7 Å². The lowest BCUT2D eigenvalue weighted by atomic mass is 9.89. The molecule has 8 heteroatoms. The van der Waals surface area contributed by atoms with E-state index in [1.165, 1.54) is 32.1 Å². The van der Waals surface area contributed by atoms with Crippen LogP contribution in [-0.4, -0.2) is 26.5 Å². The second-order valence-electron chi connectivity index (χ2n) is 7.58. The van der Waals surface area contributed by atoms with Crippen LogP contribution in [0.5, 0.6) is 11.5 Å². The highest BCUT2D eigenvalue weighted by Gasteiger charge is 2.23. The van der Waals surface area contributed by atoms with Gasteiger partial charge >= 0.3 is 0 Å². The normalized spacial score (nSPS) is 16.1. The van der Waals surface area contributed by atoms with Crippen molar-refractivity contribution in [2.75, 3.05) is 6.79 Å². The molecule has 1 aliphatic carbocycles. The molecule has 1 fully saturated rings. The molecule has 1 aliphatic heterocycles. The van der Waals surface area contributed by atoms with Gasteiger partial charge in [0.05, 0.1) is 5.69 Å². The van der Waals surface area contributed by atoms with Crippen LogP contribution in [0.3, 0.4) is 0 Å². The molecule has 0 unspecified atom stereocenters. The third-order valence-corrected chi connectivity index (χ3v) is 7.49. The number of thioether (sulfide) groups is 1. The molecule has 30 heavy (non-hydrogen) atoms. The van der Waals surface area contributed by atoms with E-state index in [1.54, 1.807) is 23.1 Å². The Morgan fingerprint density at radius 3 is 2.90 bits per heavy atom. The van der Waals surface area contributed by atoms with Crippen molar-refractivity contribution >= 4 is 23.1 Å². The predicted octanol–water partition coefficient (Wildman–Crippen LogP) is 5.66. The molecule has 1 aromatic carbocycles. The standard InChI is InChI=1S/C22H24N4O2S2/c1-2-10-26-20(15-6-4-3-5-7-15)24-25-22(26)30-13-17-12-29-21(23-17)16-8-9-18-19(11-16)28-14-27-18/h2,8-9,11-12,15H,1,3-7,10,13-14H2. The van der Waals surface area contributed by atoms with Crippen LogP contribution < -0.4 is 9.47 Å². The fraction of sp³-hybridized carbons (Fsp3) is 0.409. The SMILES string of the molecule is C=CCn1c(SCc2csc(-c3ccc4c(c3)OCO4)n2)nnc1C1CCCCC1. The van der Waals surface area contributed by atoms with E-state index in [0.29, 0.717) is 5.92 Å². The van der Waals surface area contributed by atoms with Gasteiger partial charge in [0.25, 0.3) is 0 Å². The monoisotopic (exact) mass is 440 g/mol. The summed E-state index contributed by atoms with van der Waals surface area (Å²) in [5, 5.41) is 13.1. The van der Waals surface area contributed by atoms with Gasteiger partial charge < -0.3 is 14.0 Å². The molecule has 0 amide bonds. The first-order chi connectivity index (χ1) is 14.8. The van der Waals surface area contributed by atoms with Crippen molar-refractivity contribution in [2.24, 2.45) is 0 Å². The average Bonchev–Trinajstić information content (AvgIpc) is 3.52. The van der Waals surface area contributed by atoms with Crippen LogP contribution in [0.1, 0.15) is 49.5 Å². The summed E-state index contributed by atoms with van der Waals surface area (Å²) in [4.78, 5) is 4.82. The van der Waals surface area contributed by atoms with Crippen LogP contribution in [0.25, 0.3) is 10.6 Å². The molecule has 0 saturated heterocycles. The highest BCUT2D eigenvalue weighted by Crippen LogP contribution is 2.37. The molecule has 3 heterocycles. The van der Waals surface area contributed by atoms with Crippen molar-refractivity contribution in [3.63, 3.8) is 0 Å². The number of rotatable bonds is 7. The van der Waals surface area contributed by atoms with Crippen LogP contribution >= 0.6 is 23.1 Å². The van der Waals surface area contributed by atoms with E-state index in [9.17, 15) is 0 Å². The second-order valence-corrected chi connectivity index (χ2v) is 9.38. The number of allylic oxidation sites excluding steroid dienone is 1. The first-order valence-corrected chi connectivity index (χ1v) is 12.2. The van der Waals surface area contributed by atoms with Crippen LogP contribution in [0.15, 0.2) is 41.4 Å². The van der Waals surface area contributed by atoms with Gasteiger partial charge in [-0.25, -0.2) is 4.98 Å². The summed E-state index contributed by atoms with van der Waals surface area (Å²) in [7, 11) is 0. The van der Waals surface area contributed by atoms with Crippen LogP contribution in [-0.2, 0) is 12.3 Å². The van der Waals surface area contributed by atoms with Crippen LogP contribution in [0, 0.1) is 0 Å². The maximum atomic E-state index is 5.49. The zero-order valence-corrected chi connectivity index (χ0v) is 18.4. The molecule has 6 nitrogen and oxygen atoms in total. The third kappa shape index (κ3) is 3.98. The molecule has 3 aromatic rings. The summed E-state index contributed by atoms with van der Waals surface area (Å²) < 4.78 is 13.1. The Labute approximate surface area is 184 Å². The zero-order chi connectivity index (χ0) is 20.3. The number of fused-ring (bicyclic) bond motifs is 1. The molecule has 156 valence electrons. The minimum Gasteiger partial charge on any atom is -0.454 e. The fourth-order valence-electron chi connectivity index (χ4n) is 4.04. The van der Waals surface area contributed by atoms with Crippen molar-refractivity contribution in [1.29, 1.82) is 0 Å². The molecule has 0 bridgehead atoms. The quantitative estimate of drug-likeness (QED) is 0.349. The number of nitrogens with zero attached hydrogens (tertiary/aromatic N) is 4. The van der Waals surface area contributed by atoms with E-state index >= 15 is 0 Å². The summed E-state index contributed by atoms with van der Waals surface area (Å²) >= 11 is 3.34. The Kier molecular flexibility index (Phi) is 5.77. The number of hydrogen-bond donors (Lipinski definition) is 0. The Hall–Kier alpha value is -2.32. The number of hydrogen-bond acceptors (Lipinski definition) is 7. The molecule has 0 radical (unpaired) electrons. The minimum atomic E-state index is 0.285. The maximum Gasteiger partial charge on any atom is 0.231 e. The molecule has 0 N–H and O–H groups in total. The van der Waals surface area contributed by atoms with Gasteiger partial charge in [-0.15, -0.1) is 28.1 Å². The highest BCUT2D eigenvalue weighted by atomic mass is 32.2. The van der Waals surface area contributed by atoms with E-state index in [4.69, 9.17) is 14.5 Å². The summed E-state index contributed by atoms with van der Waals surface area (Å²) in [6, 6.07) is 5.97. The zero-order valence-electron chi connectivity index (χ0n) is 16.7. The van der Waals surface area contributed by atoms with Crippen LogP contribution in [0.2, 0.25) is 0 Å². The van der Waals surface area contributed by atoms with Crippen molar-refractivity contribution in [2.45, 2.75) is 55.5 Å². The van der Waals surface area contributed by atoms with E-state index < -0.39 is 0 Å². The van der Waals surface area contributed by atoms with E-state index in [1.807, 2.05) is 24.3 Å². The molecular weight excluding hydrogens is 416 g/mol. The number of benzene rings is 1. The van der Waals surface area contributed by atoms with E-state index in [2.05, 4.69) is 26.7 Å². The van der Waals surface area contributed by atoms with Crippen molar-refractivity contribution < 1.29 is 9.47 Å². The van der Waals surface area contributed by atoms with Gasteiger partial charge in [0.2, 0.25) is 6.79 Å². The van der Waals surface area contributed by atoms with Gasteiger partial charge in [-0.1, -0.05) is 37.1 Å². The molecular formula is C22H24N4O2S2. The van der Waals surface area contributed by atoms with Gasteiger partial charge in [-0.2, -0.15) is 0 Å². The van der Waals surface area contributed by atoms with Gasteiger partial charge in [-0.05, 0) is 31.0 Å². The van der Waals surface area contributed by atoms with E-state index in [0.717, 1.165) is 51.0 Å². The van der Waals surface area contributed by atoms with E-state index in [-0.39, 0.29) is 6.79 Å². The number of thiazole rings is 1. The largest absolute Gasteiger partial charge is 0.454 e. The lowest BCUT2D eigenvalue weighted by molar-refractivity contribution is 0.174. The molecule has 1 saturated carbocycles. The molecule has 2 aliphatic rings. The summed E-state index contributed by atoms with van der Waals surface area (Å²) in [5.41, 5.74) is 2.10. The lowest BCUT2D eigenvalue weighted by Gasteiger charge is -2.21. The molecule has 5 rings (SSSR count). The summed E-state index contributed by atoms with van der Waals surface area (Å²) in [5.74, 6) is 3.99. The third-order valence-electron chi connectivity index (χ3n) is 5.55. The Balaban J connectivity index is 1.29. The Morgan fingerprint density at radius 2 is 2.03 bits per heavy atom.